The summed E-state index contributed by atoms with van der Waals surface area (Å²) in [4.78, 5) is 17.9. The lowest BCUT2D eigenvalue weighted by molar-refractivity contribution is -0.129. The standard InChI is InChI=1S/C12H17ClN2O2/c1-8(2)9-7-17-12(14-9)10-4-3-5-15(10)11(16)6-13/h7-8,10H,3-6H2,1-2H3/t10-/m0/s1. The average Bonchev–Trinajstić information content (AvgIpc) is 2.95. The zero-order valence-corrected chi connectivity index (χ0v) is 10.9. The second kappa shape index (κ2) is 5.08. The van der Waals surface area contributed by atoms with E-state index in [1.54, 1.807) is 11.2 Å². The molecule has 5 heteroatoms. The Hall–Kier alpha value is -1.03. The minimum absolute atomic E-state index is 0.0221. The van der Waals surface area contributed by atoms with Crippen LogP contribution in [-0.4, -0.2) is 28.2 Å². The number of halogens is 1. The Morgan fingerprint density at radius 1 is 1.71 bits per heavy atom. The first-order valence-corrected chi connectivity index (χ1v) is 6.47. The first-order valence-electron chi connectivity index (χ1n) is 5.94. The molecule has 0 spiro atoms. The highest BCUT2D eigenvalue weighted by Gasteiger charge is 2.32. The summed E-state index contributed by atoms with van der Waals surface area (Å²) in [5, 5.41) is 0. The third-order valence-corrected chi connectivity index (χ3v) is 3.33. The fourth-order valence-corrected chi connectivity index (χ4v) is 2.27. The lowest BCUT2D eigenvalue weighted by Gasteiger charge is -2.21. The number of carbonyl (C=O) groups is 1. The van der Waals surface area contributed by atoms with Gasteiger partial charge in [-0.2, -0.15) is 0 Å². The van der Waals surface area contributed by atoms with Gasteiger partial charge in [0.1, 0.15) is 18.2 Å². The third-order valence-electron chi connectivity index (χ3n) is 3.10. The first kappa shape index (κ1) is 12.4. The zero-order valence-electron chi connectivity index (χ0n) is 10.1. The molecule has 0 N–H and O–H groups in total. The number of rotatable bonds is 3. The minimum atomic E-state index is -0.0431. The summed E-state index contributed by atoms with van der Waals surface area (Å²) in [6.07, 6.45) is 3.56. The first-order chi connectivity index (χ1) is 8.13. The molecule has 1 saturated heterocycles. The van der Waals surface area contributed by atoms with Gasteiger partial charge in [-0.1, -0.05) is 13.8 Å². The maximum absolute atomic E-state index is 11.7. The quantitative estimate of drug-likeness (QED) is 0.781. The SMILES string of the molecule is CC(C)c1coc([C@@H]2CCCN2C(=O)CCl)n1. The molecule has 1 aliphatic heterocycles. The van der Waals surface area contributed by atoms with E-state index in [0.717, 1.165) is 25.1 Å². The molecule has 0 aromatic carbocycles. The topological polar surface area (TPSA) is 46.3 Å². The van der Waals surface area contributed by atoms with Crippen molar-refractivity contribution >= 4 is 17.5 Å². The number of nitrogens with zero attached hydrogens (tertiary/aromatic N) is 2. The van der Waals surface area contributed by atoms with Crippen LogP contribution in [0, 0.1) is 0 Å². The predicted octanol–water partition coefficient (Wildman–Crippen LogP) is 2.70. The van der Waals surface area contributed by atoms with E-state index in [2.05, 4.69) is 18.8 Å². The molecular weight excluding hydrogens is 240 g/mol. The second-order valence-electron chi connectivity index (χ2n) is 4.64. The number of aromatic nitrogens is 1. The van der Waals surface area contributed by atoms with Gasteiger partial charge in [-0.05, 0) is 18.8 Å². The molecule has 0 unspecified atom stereocenters. The highest BCUT2D eigenvalue weighted by atomic mass is 35.5. The maximum Gasteiger partial charge on any atom is 0.238 e. The molecule has 2 heterocycles. The molecule has 1 aromatic heterocycles. The lowest BCUT2D eigenvalue weighted by atomic mass is 10.1. The number of likely N-dealkylation sites (tertiary alicyclic amines) is 1. The van der Waals surface area contributed by atoms with E-state index in [1.165, 1.54) is 0 Å². The number of carbonyl (C=O) groups excluding carboxylic acids is 1. The Labute approximate surface area is 106 Å². The molecule has 1 amide bonds. The Morgan fingerprint density at radius 2 is 2.47 bits per heavy atom. The van der Waals surface area contributed by atoms with Crippen molar-refractivity contribution in [3.63, 3.8) is 0 Å². The van der Waals surface area contributed by atoms with Gasteiger partial charge >= 0.3 is 0 Å². The van der Waals surface area contributed by atoms with Gasteiger partial charge in [0.15, 0.2) is 0 Å². The fraction of sp³-hybridized carbons (Fsp3) is 0.667. The van der Waals surface area contributed by atoms with Gasteiger partial charge in [0, 0.05) is 6.54 Å². The molecule has 0 radical (unpaired) electrons. The van der Waals surface area contributed by atoms with Gasteiger partial charge < -0.3 is 9.32 Å². The Morgan fingerprint density at radius 3 is 3.06 bits per heavy atom. The van der Waals surface area contributed by atoms with Gasteiger partial charge in [-0.3, -0.25) is 4.79 Å². The highest BCUT2D eigenvalue weighted by Crippen LogP contribution is 2.32. The predicted molar refractivity (Wildman–Crippen MR) is 65.0 cm³/mol. The number of alkyl halides is 1. The van der Waals surface area contributed by atoms with E-state index < -0.39 is 0 Å². The van der Waals surface area contributed by atoms with Crippen LogP contribution in [0.4, 0.5) is 0 Å². The van der Waals surface area contributed by atoms with Crippen molar-refractivity contribution in [3.8, 4) is 0 Å². The lowest BCUT2D eigenvalue weighted by Crippen LogP contribution is -2.31. The Kier molecular flexibility index (Phi) is 3.72. The molecule has 0 saturated carbocycles. The average molecular weight is 257 g/mol. The Balaban J connectivity index is 2.17. The molecule has 0 bridgehead atoms. The van der Waals surface area contributed by atoms with Crippen molar-refractivity contribution in [1.82, 2.24) is 9.88 Å². The maximum atomic E-state index is 11.7. The van der Waals surface area contributed by atoms with Gasteiger partial charge in [-0.15, -0.1) is 11.6 Å². The summed E-state index contributed by atoms with van der Waals surface area (Å²) in [7, 11) is 0. The van der Waals surface area contributed by atoms with Crippen LogP contribution in [0.15, 0.2) is 10.7 Å². The summed E-state index contributed by atoms with van der Waals surface area (Å²) in [5.41, 5.74) is 0.935. The van der Waals surface area contributed by atoms with Crippen molar-refractivity contribution in [2.75, 3.05) is 12.4 Å². The van der Waals surface area contributed by atoms with E-state index >= 15 is 0 Å². The van der Waals surface area contributed by atoms with Crippen molar-refractivity contribution < 1.29 is 9.21 Å². The molecular formula is C12H17ClN2O2. The van der Waals surface area contributed by atoms with Gasteiger partial charge in [0.05, 0.1) is 5.69 Å². The second-order valence-corrected chi connectivity index (χ2v) is 4.91. The van der Waals surface area contributed by atoms with E-state index in [-0.39, 0.29) is 17.8 Å². The summed E-state index contributed by atoms with van der Waals surface area (Å²) in [6.45, 7) is 4.88. The smallest absolute Gasteiger partial charge is 0.238 e. The van der Waals surface area contributed by atoms with Gasteiger partial charge in [0.25, 0.3) is 0 Å². The summed E-state index contributed by atoms with van der Waals surface area (Å²) in [6, 6.07) is -0.0336. The molecule has 1 aliphatic rings. The monoisotopic (exact) mass is 256 g/mol. The van der Waals surface area contributed by atoms with E-state index in [0.29, 0.717) is 11.8 Å². The van der Waals surface area contributed by atoms with Crippen LogP contribution in [0.25, 0.3) is 0 Å². The summed E-state index contributed by atoms with van der Waals surface area (Å²) >= 11 is 5.60. The number of hydrogen-bond acceptors (Lipinski definition) is 3. The van der Waals surface area contributed by atoms with Gasteiger partial charge in [-0.25, -0.2) is 4.98 Å². The summed E-state index contributed by atoms with van der Waals surface area (Å²) in [5.74, 6) is 0.961. The number of hydrogen-bond donors (Lipinski definition) is 0. The third kappa shape index (κ3) is 2.46. The molecule has 2 rings (SSSR count). The van der Waals surface area contributed by atoms with E-state index in [4.69, 9.17) is 16.0 Å². The van der Waals surface area contributed by atoms with Crippen molar-refractivity contribution in [3.05, 3.63) is 17.8 Å². The summed E-state index contributed by atoms with van der Waals surface area (Å²) < 4.78 is 5.49. The molecule has 1 atom stereocenters. The van der Waals surface area contributed by atoms with Crippen LogP contribution in [0.3, 0.4) is 0 Å². The van der Waals surface area contributed by atoms with E-state index in [1.807, 2.05) is 0 Å². The van der Waals surface area contributed by atoms with Crippen LogP contribution < -0.4 is 0 Å². The molecule has 94 valence electrons. The van der Waals surface area contributed by atoms with Crippen LogP contribution in [0.2, 0.25) is 0 Å². The molecule has 17 heavy (non-hydrogen) atoms. The normalized spacial score (nSPS) is 20.2. The number of oxazole rings is 1. The van der Waals surface area contributed by atoms with Gasteiger partial charge in [0.2, 0.25) is 11.8 Å². The minimum Gasteiger partial charge on any atom is -0.446 e. The van der Waals surface area contributed by atoms with Crippen molar-refractivity contribution in [2.45, 2.75) is 38.6 Å². The molecule has 0 aliphatic carbocycles. The Bertz CT molecular complexity index is 403. The van der Waals surface area contributed by atoms with E-state index in [9.17, 15) is 4.79 Å². The van der Waals surface area contributed by atoms with Crippen LogP contribution in [-0.2, 0) is 4.79 Å². The molecule has 1 aromatic rings. The van der Waals surface area contributed by atoms with Crippen LogP contribution >= 0.6 is 11.6 Å². The van der Waals surface area contributed by atoms with Crippen molar-refractivity contribution in [2.24, 2.45) is 0 Å². The van der Waals surface area contributed by atoms with Crippen LogP contribution in [0.5, 0.6) is 0 Å². The van der Waals surface area contributed by atoms with Crippen LogP contribution in [0.1, 0.15) is 50.2 Å². The number of amides is 1. The van der Waals surface area contributed by atoms with Crippen molar-refractivity contribution in [1.29, 1.82) is 0 Å². The molecule has 1 fully saturated rings. The fourth-order valence-electron chi connectivity index (χ4n) is 2.12. The molecule has 4 nitrogen and oxygen atoms in total. The highest BCUT2D eigenvalue weighted by molar-refractivity contribution is 6.27. The zero-order chi connectivity index (χ0) is 12.4. The largest absolute Gasteiger partial charge is 0.446 e.